The van der Waals surface area contributed by atoms with Crippen LogP contribution in [0.25, 0.3) is 0 Å². The second-order valence-corrected chi connectivity index (χ2v) is 4.84. The fourth-order valence-electron chi connectivity index (χ4n) is 2.75. The van der Waals surface area contributed by atoms with Gasteiger partial charge >= 0.3 is 0 Å². The summed E-state index contributed by atoms with van der Waals surface area (Å²) in [7, 11) is 0. The molecule has 1 rings (SSSR count). The maximum absolute atomic E-state index is 4.34. The van der Waals surface area contributed by atoms with E-state index in [0.717, 1.165) is 12.8 Å². The van der Waals surface area contributed by atoms with Crippen LogP contribution in [0.1, 0.15) is 102 Å². The van der Waals surface area contributed by atoms with Crippen molar-refractivity contribution in [3.63, 3.8) is 0 Å². The molecule has 144 valence electrons. The first-order valence-corrected chi connectivity index (χ1v) is 9.89. The molecule has 1 atom stereocenters. The number of allylic oxidation sites excluding steroid dienone is 6. The molecule has 0 N–H and O–H groups in total. The van der Waals surface area contributed by atoms with Gasteiger partial charge in [-0.1, -0.05) is 101 Å². The molecule has 0 aromatic carbocycles. The first-order chi connectivity index (χ1) is 11.2. The first-order valence-electron chi connectivity index (χ1n) is 9.89. The Kier molecular flexibility index (Phi) is 28.2. The van der Waals surface area contributed by atoms with E-state index in [2.05, 4.69) is 40.0 Å². The molecule has 24 heavy (non-hydrogen) atoms. The van der Waals surface area contributed by atoms with Crippen molar-refractivity contribution < 1.29 is 0 Å². The fraction of sp³-hybridized carbons (Fsp3) is 0.667. The van der Waals surface area contributed by atoms with Crippen molar-refractivity contribution in [1.29, 1.82) is 0 Å². The van der Waals surface area contributed by atoms with Crippen LogP contribution in [0.4, 0.5) is 0 Å². The SMILES string of the molecule is C.C=CC1=C(/C(=C\C)CC)C(=C)C(CCCC)C1.CC.CC.CC. The lowest BCUT2D eigenvalue weighted by Crippen LogP contribution is -1.99. The smallest absolute Gasteiger partial charge is 0.0121 e. The molecule has 0 heterocycles. The molecule has 0 heteroatoms. The Hall–Kier alpha value is -1.04. The van der Waals surface area contributed by atoms with Crippen molar-refractivity contribution in [2.24, 2.45) is 5.92 Å². The highest BCUT2D eigenvalue weighted by Crippen LogP contribution is 2.42. The Bertz CT molecular complexity index is 352. The molecular formula is C24H48. The van der Waals surface area contributed by atoms with Crippen molar-refractivity contribution >= 4 is 0 Å². The molecular weight excluding hydrogens is 288 g/mol. The van der Waals surface area contributed by atoms with Crippen LogP contribution in [0.15, 0.2) is 47.6 Å². The van der Waals surface area contributed by atoms with E-state index >= 15 is 0 Å². The molecule has 1 aliphatic carbocycles. The summed E-state index contributed by atoms with van der Waals surface area (Å²) >= 11 is 0. The maximum Gasteiger partial charge on any atom is -0.0121 e. The van der Waals surface area contributed by atoms with Gasteiger partial charge in [-0.15, -0.1) is 0 Å². The minimum Gasteiger partial charge on any atom is -0.0988 e. The van der Waals surface area contributed by atoms with Crippen LogP contribution in [-0.2, 0) is 0 Å². The molecule has 0 bridgehead atoms. The Morgan fingerprint density at radius 2 is 1.58 bits per heavy atom. The standard InChI is InChI=1S/C17H26.3C2H6.CH4/c1-6-10-11-16-12-15(9-4)17(13(16)5)14(7-2)8-3;3*1-2;/h7,9,16H,4-6,8,10-12H2,1-3H3;3*1-2H3;1H4/b14-7-;;;;. The highest BCUT2D eigenvalue weighted by Gasteiger charge is 2.27. The average molecular weight is 337 g/mol. The summed E-state index contributed by atoms with van der Waals surface area (Å²) in [4.78, 5) is 0. The van der Waals surface area contributed by atoms with E-state index in [4.69, 9.17) is 0 Å². The normalized spacial score (nSPS) is 15.8. The van der Waals surface area contributed by atoms with E-state index < -0.39 is 0 Å². The number of hydrogen-bond donors (Lipinski definition) is 0. The average Bonchev–Trinajstić information content (AvgIpc) is 2.96. The van der Waals surface area contributed by atoms with Gasteiger partial charge in [0.2, 0.25) is 0 Å². The molecule has 0 aromatic heterocycles. The topological polar surface area (TPSA) is 0 Å². The maximum atomic E-state index is 4.34. The van der Waals surface area contributed by atoms with E-state index in [0.29, 0.717) is 5.92 Å². The minimum absolute atomic E-state index is 0. The zero-order chi connectivity index (χ0) is 18.8. The number of unbranched alkanes of at least 4 members (excludes halogenated alkanes) is 1. The molecule has 0 spiro atoms. The predicted molar refractivity (Wildman–Crippen MR) is 119 cm³/mol. The van der Waals surface area contributed by atoms with Gasteiger partial charge in [0.25, 0.3) is 0 Å². The Morgan fingerprint density at radius 1 is 1.08 bits per heavy atom. The lowest BCUT2D eigenvalue weighted by Gasteiger charge is -2.14. The summed E-state index contributed by atoms with van der Waals surface area (Å²) in [5, 5.41) is 0. The van der Waals surface area contributed by atoms with Gasteiger partial charge in [0.05, 0.1) is 0 Å². The van der Waals surface area contributed by atoms with Gasteiger partial charge in [0.1, 0.15) is 0 Å². The number of hydrogen-bond acceptors (Lipinski definition) is 0. The lowest BCUT2D eigenvalue weighted by molar-refractivity contribution is 0.553. The fourth-order valence-corrected chi connectivity index (χ4v) is 2.75. The second-order valence-electron chi connectivity index (χ2n) is 4.84. The van der Waals surface area contributed by atoms with Gasteiger partial charge in [-0.05, 0) is 54.4 Å². The predicted octanol–water partition coefficient (Wildman–Crippen LogP) is 9.31. The van der Waals surface area contributed by atoms with Crippen molar-refractivity contribution in [2.75, 3.05) is 0 Å². The summed E-state index contributed by atoms with van der Waals surface area (Å²) in [6.07, 6.45) is 10.3. The Morgan fingerprint density at radius 3 is 1.92 bits per heavy atom. The molecule has 0 aliphatic heterocycles. The molecule has 0 saturated carbocycles. The van der Waals surface area contributed by atoms with Crippen molar-refractivity contribution in [2.45, 2.75) is 102 Å². The van der Waals surface area contributed by atoms with E-state index in [-0.39, 0.29) is 7.43 Å². The van der Waals surface area contributed by atoms with Crippen LogP contribution in [0, 0.1) is 5.92 Å². The van der Waals surface area contributed by atoms with Crippen molar-refractivity contribution in [3.8, 4) is 0 Å². The van der Waals surface area contributed by atoms with Gasteiger partial charge in [-0.25, -0.2) is 0 Å². The van der Waals surface area contributed by atoms with Crippen LogP contribution < -0.4 is 0 Å². The van der Waals surface area contributed by atoms with Gasteiger partial charge in [-0.3, -0.25) is 0 Å². The highest BCUT2D eigenvalue weighted by atomic mass is 14.3. The summed E-state index contributed by atoms with van der Waals surface area (Å²) in [5.41, 5.74) is 5.60. The molecule has 1 aliphatic rings. The van der Waals surface area contributed by atoms with Crippen LogP contribution in [0.2, 0.25) is 0 Å². The zero-order valence-corrected chi connectivity index (χ0v) is 17.7. The summed E-state index contributed by atoms with van der Waals surface area (Å²) in [6, 6.07) is 0. The third-order valence-electron chi connectivity index (χ3n) is 3.80. The van der Waals surface area contributed by atoms with E-state index in [1.807, 2.05) is 47.6 Å². The minimum atomic E-state index is 0. The van der Waals surface area contributed by atoms with E-state index in [1.54, 1.807) is 0 Å². The quantitative estimate of drug-likeness (QED) is 0.453. The van der Waals surface area contributed by atoms with Crippen molar-refractivity contribution in [3.05, 3.63) is 47.6 Å². The monoisotopic (exact) mass is 336 g/mol. The molecule has 1 unspecified atom stereocenters. The molecule has 0 saturated heterocycles. The van der Waals surface area contributed by atoms with Crippen LogP contribution in [0.3, 0.4) is 0 Å². The lowest BCUT2D eigenvalue weighted by atomic mass is 9.91. The Balaban J connectivity index is -0.000000256. The van der Waals surface area contributed by atoms with Crippen molar-refractivity contribution in [1.82, 2.24) is 0 Å². The second kappa shape index (κ2) is 22.0. The van der Waals surface area contributed by atoms with Crippen LogP contribution in [0.5, 0.6) is 0 Å². The highest BCUT2D eigenvalue weighted by molar-refractivity contribution is 5.56. The molecule has 0 radical (unpaired) electrons. The Labute approximate surface area is 155 Å². The third-order valence-corrected chi connectivity index (χ3v) is 3.80. The van der Waals surface area contributed by atoms with E-state index in [1.165, 1.54) is 41.6 Å². The van der Waals surface area contributed by atoms with Gasteiger partial charge < -0.3 is 0 Å². The summed E-state index contributed by atoms with van der Waals surface area (Å²) in [6.45, 7) is 26.9. The van der Waals surface area contributed by atoms with Gasteiger partial charge in [0, 0.05) is 0 Å². The summed E-state index contributed by atoms with van der Waals surface area (Å²) < 4.78 is 0. The largest absolute Gasteiger partial charge is 0.0988 e. The molecule has 0 aromatic rings. The molecule has 0 amide bonds. The molecule has 0 fully saturated rings. The zero-order valence-electron chi connectivity index (χ0n) is 17.7. The summed E-state index contributed by atoms with van der Waals surface area (Å²) in [5.74, 6) is 0.652. The van der Waals surface area contributed by atoms with E-state index in [9.17, 15) is 0 Å². The number of rotatable bonds is 6. The van der Waals surface area contributed by atoms with Gasteiger partial charge in [0.15, 0.2) is 0 Å². The van der Waals surface area contributed by atoms with Crippen LogP contribution >= 0.6 is 0 Å². The first kappa shape index (κ1) is 30.8. The van der Waals surface area contributed by atoms with Crippen LogP contribution in [-0.4, -0.2) is 0 Å². The third kappa shape index (κ3) is 9.96. The molecule has 0 nitrogen and oxygen atoms in total. The van der Waals surface area contributed by atoms with Gasteiger partial charge in [-0.2, -0.15) is 0 Å².